The third-order valence-corrected chi connectivity index (χ3v) is 2.32. The van der Waals surface area contributed by atoms with Gasteiger partial charge in [-0.15, -0.1) is 0 Å². The molecule has 0 fully saturated rings. The van der Waals surface area contributed by atoms with Crippen molar-refractivity contribution in [3.05, 3.63) is 0 Å². The summed E-state index contributed by atoms with van der Waals surface area (Å²) in [4.78, 5) is 0. The highest BCUT2D eigenvalue weighted by molar-refractivity contribution is 7.80. The first-order valence-electron chi connectivity index (χ1n) is 3.34. The minimum atomic E-state index is -5.36. The number of methoxy groups -OCH3 is 1. The van der Waals surface area contributed by atoms with Gasteiger partial charge in [-0.2, -0.15) is 0 Å². The molecule has 7 heteroatoms. The Labute approximate surface area is 75.6 Å². The molecule has 0 amide bonds. The molecule has 0 atom stereocenters. The third kappa shape index (κ3) is 7.80. The van der Waals surface area contributed by atoms with Gasteiger partial charge in [0, 0.05) is 12.6 Å². The highest BCUT2D eigenvalue weighted by Gasteiger charge is 2.35. The summed E-state index contributed by atoms with van der Waals surface area (Å²) < 4.78 is 39.7. The Morgan fingerprint density at radius 1 is 1.50 bits per heavy atom. The van der Waals surface area contributed by atoms with Gasteiger partial charge in [0.15, 0.2) is 0 Å². The normalized spacial score (nSPS) is 11.0. The second kappa shape index (κ2) is 5.36. The average Bonchev–Trinajstić information content (AvgIpc) is 1.96. The lowest BCUT2D eigenvalue weighted by Gasteiger charge is -2.05. The van der Waals surface area contributed by atoms with Gasteiger partial charge in [-0.25, -0.2) is 12.3 Å². The second-order valence-electron chi connectivity index (χ2n) is 2.14. The molecular weight excluding hydrogens is 207 g/mol. The Morgan fingerprint density at radius 2 is 2.08 bits per heavy atom. The van der Waals surface area contributed by atoms with E-state index in [1.54, 1.807) is 0 Å². The molecule has 0 spiro atoms. The van der Waals surface area contributed by atoms with Crippen molar-refractivity contribution in [3.63, 3.8) is 0 Å². The first kappa shape index (κ1) is 11.7. The maximum atomic E-state index is 11.7. The molecule has 0 aliphatic carbocycles. The Kier molecular flexibility index (Phi) is 5.23. The van der Waals surface area contributed by atoms with Crippen LogP contribution in [0.25, 0.3) is 0 Å². The van der Waals surface area contributed by atoms with Crippen LogP contribution in [0.1, 0.15) is 6.42 Å². The molecule has 0 saturated carbocycles. The monoisotopic (exact) mass is 217 g/mol. The molecule has 1 N–H and O–H groups in total. The van der Waals surface area contributed by atoms with Crippen molar-refractivity contribution < 1.29 is 17.1 Å². The Bertz CT molecular complexity index is 152. The molecule has 0 radical (unpaired) electrons. The number of thiocarbonyl (C=S) groups is 1. The van der Waals surface area contributed by atoms with Gasteiger partial charge < -0.3 is 10.1 Å². The summed E-state index contributed by atoms with van der Waals surface area (Å²) in [6, 6.07) is -0.660. The van der Waals surface area contributed by atoms with E-state index in [9.17, 15) is 12.3 Å². The quantitative estimate of drug-likeness (QED) is 0.335. The number of ether oxygens (including phenoxy) is 1. The van der Waals surface area contributed by atoms with Crippen molar-refractivity contribution >= 4 is 26.5 Å². The minimum absolute atomic E-state index is 0.0687. The maximum absolute atomic E-state index is 11.7. The van der Waals surface area contributed by atoms with Gasteiger partial charge in [0.05, 0.1) is 7.11 Å². The van der Waals surface area contributed by atoms with Crippen molar-refractivity contribution in [3.8, 4) is 0 Å². The lowest BCUT2D eigenvalue weighted by Crippen LogP contribution is -2.25. The zero-order valence-corrected chi connectivity index (χ0v) is 8.39. The van der Waals surface area contributed by atoms with Gasteiger partial charge in [0.25, 0.3) is 5.17 Å². The number of hydrogen-bond acceptors (Lipinski definition) is 2. The lowest BCUT2D eigenvalue weighted by atomic mass is 10.5. The van der Waals surface area contributed by atoms with Crippen molar-refractivity contribution in [2.45, 2.75) is 12.5 Å². The van der Waals surface area contributed by atoms with Crippen molar-refractivity contribution in [2.75, 3.05) is 13.7 Å². The predicted molar refractivity (Wildman–Crippen MR) is 46.1 cm³/mol. The van der Waals surface area contributed by atoms with E-state index >= 15 is 0 Å². The fourth-order valence-electron chi connectivity index (χ4n) is 0.551. The van der Waals surface area contributed by atoms with Crippen molar-refractivity contribution in [1.82, 2.24) is 5.32 Å². The number of rotatable bonds is 4. The second-order valence-corrected chi connectivity index (χ2v) is 4.24. The number of hydrogen-bond donors (Lipinski definition) is 1. The van der Waals surface area contributed by atoms with Crippen LogP contribution in [-0.4, -0.2) is 27.9 Å². The summed E-state index contributed by atoms with van der Waals surface area (Å²) >= 11 is 4.56. The largest absolute Gasteiger partial charge is 0.616 e. The van der Waals surface area contributed by atoms with E-state index in [1.807, 2.05) is 0 Å². The highest BCUT2D eigenvalue weighted by atomic mass is 32.1. The van der Waals surface area contributed by atoms with Gasteiger partial charge >= 0.3 is 9.08 Å². The van der Waals surface area contributed by atoms with Crippen molar-refractivity contribution in [2.24, 2.45) is 0 Å². The Balaban J connectivity index is 3.28. The van der Waals surface area contributed by atoms with Gasteiger partial charge in [-0.1, -0.05) is 0 Å². The molecule has 0 aromatic carbocycles. The van der Waals surface area contributed by atoms with E-state index in [-0.39, 0.29) is 18.1 Å². The van der Waals surface area contributed by atoms with E-state index in [2.05, 4.69) is 22.3 Å². The first-order valence-corrected chi connectivity index (χ1v) is 5.59. The van der Waals surface area contributed by atoms with Crippen LogP contribution in [0, 0.1) is 0 Å². The molecule has 12 heavy (non-hydrogen) atoms. The fourth-order valence-corrected chi connectivity index (χ4v) is 1.23. The molecule has 0 aromatic heterocycles. The topological polar surface area (TPSA) is 21.3 Å². The molecule has 0 rings (SSSR count). The van der Waals surface area contributed by atoms with Crippen LogP contribution < -0.4 is 5.32 Å². The van der Waals surface area contributed by atoms with E-state index in [4.69, 9.17) is 0 Å². The third-order valence-electron chi connectivity index (χ3n) is 1.09. The molecule has 0 aliphatic heterocycles. The fraction of sp³-hybridized carbons (Fsp3) is 0.800. The zero-order valence-electron chi connectivity index (χ0n) is 6.57. The minimum Gasteiger partial charge on any atom is -0.474 e. The molecule has 0 heterocycles. The van der Waals surface area contributed by atoms with Crippen LogP contribution in [0.2, 0.25) is 6.04 Å². The van der Waals surface area contributed by atoms with Crippen LogP contribution in [0.15, 0.2) is 0 Å². The summed E-state index contributed by atoms with van der Waals surface area (Å²) in [5.74, 6) is 0. The summed E-state index contributed by atoms with van der Waals surface area (Å²) in [6.45, 7) is 0.221. The number of halogens is 3. The molecule has 72 valence electrons. The molecule has 0 saturated heterocycles. The summed E-state index contributed by atoms with van der Waals surface area (Å²) in [5.41, 5.74) is 0. The first-order chi connectivity index (χ1) is 5.45. The molecule has 0 bridgehead atoms. The SMILES string of the molecule is COC(=S)NCCC[Si](F)(F)F. The van der Waals surface area contributed by atoms with Crippen LogP contribution >= 0.6 is 12.2 Å². The van der Waals surface area contributed by atoms with Crippen LogP contribution in [-0.2, 0) is 4.74 Å². The molecule has 0 unspecified atom stereocenters. The average molecular weight is 217 g/mol. The van der Waals surface area contributed by atoms with Crippen LogP contribution in [0.3, 0.4) is 0 Å². The van der Waals surface area contributed by atoms with Gasteiger partial charge in [0.1, 0.15) is 0 Å². The van der Waals surface area contributed by atoms with Gasteiger partial charge in [-0.3, -0.25) is 0 Å². The van der Waals surface area contributed by atoms with Gasteiger partial charge in [0.2, 0.25) is 0 Å². The van der Waals surface area contributed by atoms with Crippen LogP contribution in [0.4, 0.5) is 12.3 Å². The Hall–Kier alpha value is -0.303. The summed E-state index contributed by atoms with van der Waals surface area (Å²) in [5, 5.41) is 2.67. The van der Waals surface area contributed by atoms with E-state index in [1.165, 1.54) is 7.11 Å². The van der Waals surface area contributed by atoms with E-state index in [0.717, 1.165) is 0 Å². The highest BCUT2D eigenvalue weighted by Crippen LogP contribution is 2.15. The molecule has 0 aliphatic rings. The summed E-state index contributed by atoms with van der Waals surface area (Å²) in [6.07, 6.45) is 0.0687. The Morgan fingerprint density at radius 3 is 2.50 bits per heavy atom. The predicted octanol–water partition coefficient (Wildman–Crippen LogP) is 1.74. The zero-order chi connectivity index (χ0) is 9.61. The lowest BCUT2D eigenvalue weighted by molar-refractivity contribution is 0.391. The maximum Gasteiger partial charge on any atom is 0.616 e. The molecule has 0 aromatic rings. The van der Waals surface area contributed by atoms with E-state index in [0.29, 0.717) is 0 Å². The van der Waals surface area contributed by atoms with Gasteiger partial charge in [-0.05, 0) is 18.6 Å². The standard InChI is InChI=1S/C5H10F3NOSSi/c1-10-5(11)9-3-2-4-12(6,7)8/h2-4H2,1H3,(H,9,11). The molecular formula is C5H10F3NOSSi. The number of nitrogens with one attached hydrogen (secondary N) is 1. The molecule has 2 nitrogen and oxygen atoms in total. The summed E-state index contributed by atoms with van der Waals surface area (Å²) in [7, 11) is -3.99. The van der Waals surface area contributed by atoms with Crippen molar-refractivity contribution in [1.29, 1.82) is 0 Å². The van der Waals surface area contributed by atoms with E-state index < -0.39 is 15.1 Å². The van der Waals surface area contributed by atoms with Crippen LogP contribution in [0.5, 0.6) is 0 Å². The smallest absolute Gasteiger partial charge is 0.474 e.